The van der Waals surface area contributed by atoms with Crippen LogP contribution in [0.3, 0.4) is 0 Å². The van der Waals surface area contributed by atoms with Crippen molar-refractivity contribution in [1.29, 1.82) is 0 Å². The largest absolute Gasteiger partial charge is 0.481 e. The lowest BCUT2D eigenvalue weighted by Gasteiger charge is -2.30. The normalized spacial score (nSPS) is 21.7. The molecule has 1 aliphatic rings. The number of rotatable bonds is 10. The number of benzene rings is 1. The van der Waals surface area contributed by atoms with Crippen LogP contribution >= 0.6 is 11.6 Å². The Balaban J connectivity index is 1.41. The fraction of sp³-hybridized carbons (Fsp3) is 0.286. The van der Waals surface area contributed by atoms with Crippen molar-refractivity contribution >= 4 is 40.5 Å². The number of methoxy groups -OCH3 is 1. The highest BCUT2D eigenvalue weighted by molar-refractivity contribution is 6.28. The maximum atomic E-state index is 12.4. The second kappa shape index (κ2) is 11.7. The highest BCUT2D eigenvalue weighted by Gasteiger charge is 2.58. The van der Waals surface area contributed by atoms with Gasteiger partial charge >= 0.3 is 11.9 Å². The molecule has 3 aromatic heterocycles. The molecule has 0 unspecified atom stereocenters. The van der Waals surface area contributed by atoms with Crippen molar-refractivity contribution in [2.45, 2.75) is 36.1 Å². The highest BCUT2D eigenvalue weighted by Crippen LogP contribution is 2.39. The van der Waals surface area contributed by atoms with Crippen molar-refractivity contribution in [2.24, 2.45) is 0 Å². The third kappa shape index (κ3) is 5.14. The minimum absolute atomic E-state index is 0.0465. The Bertz CT molecular complexity index is 1760. The summed E-state index contributed by atoms with van der Waals surface area (Å²) >= 11 is 5.92. The van der Waals surface area contributed by atoms with Crippen LogP contribution < -0.4 is 10.5 Å². The first-order valence-corrected chi connectivity index (χ1v) is 13.2. The summed E-state index contributed by atoms with van der Waals surface area (Å²) < 4.78 is 17.8. The number of ether oxygens (including phenoxy) is 3. The number of hydrogen-bond acceptors (Lipinski definition) is 12. The van der Waals surface area contributed by atoms with Crippen LogP contribution in [0.25, 0.3) is 22.3 Å². The molecule has 0 amide bonds. The number of aliphatic carboxylic acids is 2. The lowest BCUT2D eigenvalue weighted by atomic mass is 9.91. The number of nitrogen functional groups attached to an aromatic ring is 1. The molecule has 44 heavy (non-hydrogen) atoms. The van der Waals surface area contributed by atoms with E-state index in [-0.39, 0.29) is 22.3 Å². The molecule has 0 radical (unpaired) electrons. The molecule has 1 aromatic carbocycles. The molecule has 4 aromatic rings. The molecule has 1 aliphatic heterocycles. The zero-order valence-electron chi connectivity index (χ0n) is 22.9. The molecule has 0 bridgehead atoms. The number of pyridine rings is 1. The second-order valence-electron chi connectivity index (χ2n) is 9.81. The van der Waals surface area contributed by atoms with Crippen LogP contribution in [0.2, 0.25) is 5.28 Å². The number of terminal acetylenes is 1. The molecule has 1 saturated heterocycles. The van der Waals surface area contributed by atoms with Gasteiger partial charge in [-0.3, -0.25) is 4.57 Å². The van der Waals surface area contributed by atoms with Gasteiger partial charge in [0.25, 0.3) is 5.60 Å². The van der Waals surface area contributed by atoms with Gasteiger partial charge in [-0.25, -0.2) is 19.6 Å². The Morgan fingerprint density at radius 3 is 2.55 bits per heavy atom. The molecule has 16 heteroatoms. The summed E-state index contributed by atoms with van der Waals surface area (Å²) in [6.07, 6.45) is 2.85. The van der Waals surface area contributed by atoms with Crippen LogP contribution in [0.15, 0.2) is 48.9 Å². The Hall–Kier alpha value is -4.85. The number of nitrogens with two attached hydrogens (primary N) is 1. The number of anilines is 1. The van der Waals surface area contributed by atoms with Crippen LogP contribution in [-0.2, 0) is 25.5 Å². The topological polar surface area (TPSA) is 225 Å². The maximum Gasteiger partial charge on any atom is 0.348 e. The van der Waals surface area contributed by atoms with Crippen LogP contribution in [0.1, 0.15) is 11.8 Å². The Labute approximate surface area is 253 Å². The van der Waals surface area contributed by atoms with Gasteiger partial charge in [0.05, 0.1) is 20.0 Å². The fourth-order valence-electron chi connectivity index (χ4n) is 4.91. The third-order valence-electron chi connectivity index (χ3n) is 7.30. The molecule has 0 aliphatic carbocycles. The first kappa shape index (κ1) is 30.6. The molecule has 1 fully saturated rings. The van der Waals surface area contributed by atoms with E-state index in [0.717, 1.165) is 0 Å². The van der Waals surface area contributed by atoms with Crippen molar-refractivity contribution in [2.75, 3.05) is 19.5 Å². The standard InChI is InChI=1S/C28H25ClN6O9/c1-3-27(41)17(44-23(19(27)36)35-13-32-18-20(30)33-26(29)34-21(18)35)12-43-28(24(37)38,25(39)40)11-14-6-8-15(9-7-14)16-5-4-10-31-22(16)42-2/h1,4-10,13,17,19,23,36,41H,11-12H2,2H3,(H,37,38)(H,39,40)(H2,30,33,34)/t17-,19+,23-,27-/m1/s1. The molecule has 4 atom stereocenters. The number of aliphatic hydroxyl groups is 2. The summed E-state index contributed by atoms with van der Waals surface area (Å²) in [4.78, 5) is 40.9. The number of halogens is 1. The van der Waals surface area contributed by atoms with E-state index >= 15 is 0 Å². The summed E-state index contributed by atoms with van der Waals surface area (Å²) in [7, 11) is 1.47. The van der Waals surface area contributed by atoms with Gasteiger partial charge in [0.15, 0.2) is 23.3 Å². The molecule has 4 heterocycles. The molecule has 0 saturated carbocycles. The van der Waals surface area contributed by atoms with Gasteiger partial charge < -0.3 is 40.4 Å². The van der Waals surface area contributed by atoms with Crippen molar-refractivity contribution in [3.63, 3.8) is 0 Å². The van der Waals surface area contributed by atoms with Crippen molar-refractivity contribution in [1.82, 2.24) is 24.5 Å². The van der Waals surface area contributed by atoms with E-state index in [1.807, 2.05) is 0 Å². The maximum absolute atomic E-state index is 12.4. The third-order valence-corrected chi connectivity index (χ3v) is 7.47. The molecular weight excluding hydrogens is 600 g/mol. The van der Waals surface area contributed by atoms with E-state index in [1.165, 1.54) is 30.1 Å². The number of carboxylic acids is 2. The number of imidazole rings is 1. The van der Waals surface area contributed by atoms with Crippen LogP contribution in [-0.4, -0.2) is 94.0 Å². The molecule has 0 spiro atoms. The van der Waals surface area contributed by atoms with E-state index in [9.17, 15) is 30.0 Å². The first-order chi connectivity index (χ1) is 20.9. The van der Waals surface area contributed by atoms with Crippen molar-refractivity contribution in [3.05, 3.63) is 59.8 Å². The minimum atomic E-state index is -2.83. The molecule has 228 valence electrons. The molecular formula is C28H25ClN6O9. The van der Waals surface area contributed by atoms with Gasteiger partial charge in [-0.05, 0) is 34.9 Å². The number of carbonyl (C=O) groups is 2. The van der Waals surface area contributed by atoms with Gasteiger partial charge in [0.2, 0.25) is 11.2 Å². The first-order valence-electron chi connectivity index (χ1n) is 12.8. The Morgan fingerprint density at radius 2 is 1.91 bits per heavy atom. The summed E-state index contributed by atoms with van der Waals surface area (Å²) in [6.45, 7) is -0.845. The van der Waals surface area contributed by atoms with Crippen molar-refractivity contribution in [3.8, 4) is 29.4 Å². The van der Waals surface area contributed by atoms with Gasteiger partial charge in [-0.2, -0.15) is 9.97 Å². The van der Waals surface area contributed by atoms with Gasteiger partial charge in [0.1, 0.15) is 17.7 Å². The predicted molar refractivity (Wildman–Crippen MR) is 152 cm³/mol. The summed E-state index contributed by atoms with van der Waals surface area (Å²) in [5.74, 6) is -1.27. The summed E-state index contributed by atoms with van der Waals surface area (Å²) in [5.41, 5.74) is 2.40. The van der Waals surface area contributed by atoms with Crippen LogP contribution in [0, 0.1) is 12.3 Å². The lowest BCUT2D eigenvalue weighted by Crippen LogP contribution is -2.55. The Morgan fingerprint density at radius 1 is 1.20 bits per heavy atom. The number of nitrogens with zero attached hydrogens (tertiary/aromatic N) is 5. The SMILES string of the molecule is C#C[C@@]1(O)[C@@H](COC(Cc2ccc(-c3cccnc3OC)cc2)(C(=O)O)C(=O)O)O[C@@H](n2cnc3c(N)nc(Cl)nc32)[C@@H]1O. The smallest absolute Gasteiger partial charge is 0.348 e. The summed E-state index contributed by atoms with van der Waals surface area (Å²) in [6, 6.07) is 9.88. The van der Waals surface area contributed by atoms with E-state index in [0.29, 0.717) is 22.6 Å². The number of fused-ring (bicyclic) bond motifs is 1. The van der Waals surface area contributed by atoms with Gasteiger partial charge in [0, 0.05) is 18.2 Å². The van der Waals surface area contributed by atoms with Crippen LogP contribution in [0.5, 0.6) is 5.88 Å². The zero-order chi connectivity index (χ0) is 31.8. The zero-order valence-corrected chi connectivity index (χ0v) is 23.6. The molecule has 5 rings (SSSR count). The number of hydrogen-bond donors (Lipinski definition) is 5. The Kier molecular flexibility index (Phi) is 8.12. The average molecular weight is 625 g/mol. The number of aliphatic hydroxyl groups excluding tert-OH is 1. The second-order valence-corrected chi connectivity index (χ2v) is 10.2. The number of carboxylic acid groups (broad SMARTS) is 2. The van der Waals surface area contributed by atoms with E-state index in [1.54, 1.807) is 30.5 Å². The molecule has 6 N–H and O–H groups in total. The van der Waals surface area contributed by atoms with Crippen molar-refractivity contribution < 1.29 is 44.2 Å². The average Bonchev–Trinajstić information content (AvgIpc) is 3.53. The van der Waals surface area contributed by atoms with Gasteiger partial charge in [-0.15, -0.1) is 6.42 Å². The van der Waals surface area contributed by atoms with E-state index in [4.69, 9.17) is 38.0 Å². The van der Waals surface area contributed by atoms with E-state index in [2.05, 4.69) is 25.9 Å². The fourth-order valence-corrected chi connectivity index (χ4v) is 5.08. The minimum Gasteiger partial charge on any atom is -0.481 e. The van der Waals surface area contributed by atoms with Crippen LogP contribution in [0.4, 0.5) is 5.82 Å². The highest BCUT2D eigenvalue weighted by atomic mass is 35.5. The van der Waals surface area contributed by atoms with E-state index < -0.39 is 54.6 Å². The monoisotopic (exact) mass is 624 g/mol. The lowest BCUT2D eigenvalue weighted by molar-refractivity contribution is -0.191. The molecule has 15 nitrogen and oxygen atoms in total. The summed E-state index contributed by atoms with van der Waals surface area (Å²) in [5, 5.41) is 42.1. The van der Waals surface area contributed by atoms with Gasteiger partial charge in [-0.1, -0.05) is 30.2 Å². The predicted octanol–water partition coefficient (Wildman–Crippen LogP) is 0.922. The number of aromatic nitrogens is 5. The quantitative estimate of drug-likeness (QED) is 0.0939.